The van der Waals surface area contributed by atoms with Crippen molar-refractivity contribution in [3.8, 4) is 0 Å². The molecule has 1 unspecified atom stereocenters. The highest BCUT2D eigenvalue weighted by Crippen LogP contribution is 2.65. The van der Waals surface area contributed by atoms with Crippen LogP contribution in [0.4, 0.5) is 0 Å². The summed E-state index contributed by atoms with van der Waals surface area (Å²) in [5, 5.41) is 10.4. The van der Waals surface area contributed by atoms with Crippen LogP contribution in [0.25, 0.3) is 0 Å². The molecular weight excluding hydrogens is 284 g/mol. The molecule has 4 fully saturated rings. The highest BCUT2D eigenvalue weighted by Gasteiger charge is 2.58. The highest BCUT2D eigenvalue weighted by molar-refractivity contribution is 5.79. The number of carbonyl (C=O) groups excluding carboxylic acids is 1. The lowest BCUT2D eigenvalue weighted by Crippen LogP contribution is -2.50. The van der Waals surface area contributed by atoms with Crippen LogP contribution in [0.3, 0.4) is 0 Å². The van der Waals surface area contributed by atoms with Gasteiger partial charge in [-0.05, 0) is 99.2 Å². The predicted molar refractivity (Wildman–Crippen MR) is 91.9 cm³/mol. The van der Waals surface area contributed by atoms with E-state index in [4.69, 9.17) is 0 Å². The van der Waals surface area contributed by atoms with Gasteiger partial charge in [0, 0.05) is 12.8 Å². The SMILES string of the molecule is CC[C@]12CC[C@H]3[C@@H](CC[C@@H]4CC(=O)CC[C@@H]43)[C@@H]1CC[C@@H]2C(C)O. The van der Waals surface area contributed by atoms with E-state index in [2.05, 4.69) is 6.92 Å². The number of ketones is 1. The molecule has 0 heterocycles. The first kappa shape index (κ1) is 16.1. The Morgan fingerprint density at radius 3 is 2.65 bits per heavy atom. The minimum Gasteiger partial charge on any atom is -0.393 e. The van der Waals surface area contributed by atoms with E-state index in [1.165, 1.54) is 51.4 Å². The maximum absolute atomic E-state index is 11.8. The van der Waals surface area contributed by atoms with Crippen LogP contribution in [-0.2, 0) is 4.79 Å². The van der Waals surface area contributed by atoms with Gasteiger partial charge in [0.05, 0.1) is 6.10 Å². The van der Waals surface area contributed by atoms with Crippen molar-refractivity contribution in [2.75, 3.05) is 0 Å². The van der Waals surface area contributed by atoms with Crippen molar-refractivity contribution in [3.05, 3.63) is 0 Å². The number of aliphatic hydroxyl groups is 1. The minimum atomic E-state index is -0.139. The molecule has 0 aliphatic heterocycles. The Morgan fingerprint density at radius 2 is 1.91 bits per heavy atom. The monoisotopic (exact) mass is 318 g/mol. The van der Waals surface area contributed by atoms with Crippen molar-refractivity contribution in [1.29, 1.82) is 0 Å². The molecule has 0 amide bonds. The minimum absolute atomic E-state index is 0.139. The number of hydrogen-bond donors (Lipinski definition) is 1. The summed E-state index contributed by atoms with van der Waals surface area (Å²) in [5.74, 6) is 5.24. The molecule has 0 aromatic heterocycles. The number of rotatable bonds is 2. The summed E-state index contributed by atoms with van der Waals surface area (Å²) in [5.41, 5.74) is 0.423. The topological polar surface area (TPSA) is 37.3 Å². The second-order valence-electron chi connectivity index (χ2n) is 9.27. The van der Waals surface area contributed by atoms with Gasteiger partial charge in [-0.1, -0.05) is 6.92 Å². The fraction of sp³-hybridized carbons (Fsp3) is 0.952. The van der Waals surface area contributed by atoms with Crippen LogP contribution >= 0.6 is 0 Å². The summed E-state index contributed by atoms with van der Waals surface area (Å²) in [4.78, 5) is 11.8. The van der Waals surface area contributed by atoms with E-state index >= 15 is 0 Å². The van der Waals surface area contributed by atoms with Gasteiger partial charge < -0.3 is 5.11 Å². The van der Waals surface area contributed by atoms with E-state index in [-0.39, 0.29) is 6.10 Å². The zero-order chi connectivity index (χ0) is 16.2. The number of aliphatic hydroxyl groups excluding tert-OH is 1. The summed E-state index contributed by atoms with van der Waals surface area (Å²) < 4.78 is 0. The largest absolute Gasteiger partial charge is 0.393 e. The second kappa shape index (κ2) is 5.86. The first-order valence-corrected chi connectivity index (χ1v) is 10.3. The van der Waals surface area contributed by atoms with Gasteiger partial charge in [-0.25, -0.2) is 0 Å². The summed E-state index contributed by atoms with van der Waals surface area (Å²) in [6.45, 7) is 4.40. The normalized spacial score (nSPS) is 50.8. The second-order valence-corrected chi connectivity index (χ2v) is 9.27. The first-order chi connectivity index (χ1) is 11.1. The Labute approximate surface area is 141 Å². The Kier molecular flexibility index (Phi) is 4.11. The molecule has 4 aliphatic rings. The summed E-state index contributed by atoms with van der Waals surface area (Å²) in [6, 6.07) is 0. The fourth-order valence-corrected chi connectivity index (χ4v) is 7.93. The van der Waals surface area contributed by atoms with Gasteiger partial charge in [0.15, 0.2) is 0 Å². The smallest absolute Gasteiger partial charge is 0.133 e. The molecule has 0 saturated heterocycles. The van der Waals surface area contributed by atoms with Crippen LogP contribution in [0.15, 0.2) is 0 Å². The molecule has 2 nitrogen and oxygen atoms in total. The van der Waals surface area contributed by atoms with Gasteiger partial charge in [-0.2, -0.15) is 0 Å². The molecule has 0 aromatic carbocycles. The molecule has 23 heavy (non-hydrogen) atoms. The van der Waals surface area contributed by atoms with Crippen LogP contribution in [0.1, 0.15) is 78.1 Å². The first-order valence-electron chi connectivity index (χ1n) is 10.3. The zero-order valence-corrected chi connectivity index (χ0v) is 15.0. The third-order valence-electron chi connectivity index (χ3n) is 8.79. The van der Waals surface area contributed by atoms with Crippen molar-refractivity contribution in [2.45, 2.75) is 84.2 Å². The van der Waals surface area contributed by atoms with Crippen LogP contribution in [0, 0.1) is 40.9 Å². The van der Waals surface area contributed by atoms with Crippen LogP contribution in [-0.4, -0.2) is 17.0 Å². The fourth-order valence-electron chi connectivity index (χ4n) is 7.93. The zero-order valence-electron chi connectivity index (χ0n) is 15.0. The van der Waals surface area contributed by atoms with Crippen molar-refractivity contribution >= 4 is 5.78 Å². The van der Waals surface area contributed by atoms with E-state index in [9.17, 15) is 9.90 Å². The number of fused-ring (bicyclic) bond motifs is 5. The molecule has 4 rings (SSSR count). The average Bonchev–Trinajstić information content (AvgIpc) is 2.94. The van der Waals surface area contributed by atoms with Gasteiger partial charge in [0.25, 0.3) is 0 Å². The number of Topliss-reactive ketones (excluding diaryl/α,β-unsaturated/α-hetero) is 1. The van der Waals surface area contributed by atoms with E-state index in [0.29, 0.717) is 23.0 Å². The Bertz CT molecular complexity index is 470. The molecule has 0 spiro atoms. The van der Waals surface area contributed by atoms with Gasteiger partial charge >= 0.3 is 0 Å². The maximum atomic E-state index is 11.8. The van der Waals surface area contributed by atoms with Crippen LogP contribution in [0.2, 0.25) is 0 Å². The summed E-state index contributed by atoms with van der Waals surface area (Å²) in [6.07, 6.45) is 12.0. The molecular formula is C21H34O2. The average molecular weight is 319 g/mol. The lowest BCUT2D eigenvalue weighted by Gasteiger charge is -2.56. The van der Waals surface area contributed by atoms with Crippen LogP contribution in [0.5, 0.6) is 0 Å². The quantitative estimate of drug-likeness (QED) is 0.808. The van der Waals surface area contributed by atoms with Gasteiger partial charge in [0.2, 0.25) is 0 Å². The predicted octanol–water partition coefficient (Wildman–Crippen LogP) is 4.60. The number of carbonyl (C=O) groups is 1. The molecule has 130 valence electrons. The van der Waals surface area contributed by atoms with Crippen molar-refractivity contribution in [3.63, 3.8) is 0 Å². The Hall–Kier alpha value is -0.370. The molecule has 0 aromatic rings. The summed E-state index contributed by atoms with van der Waals surface area (Å²) >= 11 is 0. The third kappa shape index (κ3) is 2.34. The molecule has 0 bridgehead atoms. The highest BCUT2D eigenvalue weighted by atomic mass is 16.3. The lowest BCUT2D eigenvalue weighted by molar-refractivity contribution is -0.129. The molecule has 0 radical (unpaired) electrons. The molecule has 4 aliphatic carbocycles. The van der Waals surface area contributed by atoms with Crippen molar-refractivity contribution < 1.29 is 9.90 Å². The van der Waals surface area contributed by atoms with Gasteiger partial charge in [-0.3, -0.25) is 4.79 Å². The standard InChI is InChI=1S/C21H34O2/c1-3-21-11-10-17-16-7-5-15(23)12-14(16)4-6-18(17)20(21)9-8-19(21)13(2)22/h13-14,16-20,22H,3-12H2,1-2H3/t13?,14-,16+,17-,18-,19-,20+,21-/m1/s1. The third-order valence-corrected chi connectivity index (χ3v) is 8.79. The van der Waals surface area contributed by atoms with Crippen LogP contribution < -0.4 is 0 Å². The molecule has 8 atom stereocenters. The Balaban J connectivity index is 1.59. The molecule has 2 heteroatoms. The van der Waals surface area contributed by atoms with Gasteiger partial charge in [-0.15, -0.1) is 0 Å². The maximum Gasteiger partial charge on any atom is 0.133 e. The molecule has 4 saturated carbocycles. The lowest BCUT2D eigenvalue weighted by atomic mass is 9.48. The van der Waals surface area contributed by atoms with E-state index < -0.39 is 0 Å². The van der Waals surface area contributed by atoms with Crippen molar-refractivity contribution in [2.24, 2.45) is 40.9 Å². The Morgan fingerprint density at radius 1 is 1.09 bits per heavy atom. The van der Waals surface area contributed by atoms with Gasteiger partial charge in [0.1, 0.15) is 5.78 Å². The van der Waals surface area contributed by atoms with E-state index in [1.54, 1.807) is 0 Å². The van der Waals surface area contributed by atoms with Crippen molar-refractivity contribution in [1.82, 2.24) is 0 Å². The van der Waals surface area contributed by atoms with E-state index in [0.717, 1.165) is 36.5 Å². The molecule has 1 N–H and O–H groups in total. The number of hydrogen-bond acceptors (Lipinski definition) is 2. The summed E-state index contributed by atoms with van der Waals surface area (Å²) in [7, 11) is 0. The van der Waals surface area contributed by atoms with E-state index in [1.807, 2.05) is 6.92 Å².